The van der Waals surface area contributed by atoms with Crippen LogP contribution in [0.5, 0.6) is 5.88 Å². The molecule has 0 saturated heterocycles. The van der Waals surface area contributed by atoms with Gasteiger partial charge in [-0.15, -0.1) is 0 Å². The summed E-state index contributed by atoms with van der Waals surface area (Å²) >= 11 is 0. The fraction of sp³-hybridized carbons (Fsp3) is 0.154. The largest absolute Gasteiger partial charge is 0.481 e. The Morgan fingerprint density at radius 1 is 1.18 bits per heavy atom. The van der Waals surface area contributed by atoms with Gasteiger partial charge in [0.15, 0.2) is 7.28 Å². The molecule has 0 saturated carbocycles. The number of benzene rings is 1. The van der Waals surface area contributed by atoms with Gasteiger partial charge in [-0.05, 0) is 12.4 Å². The molecule has 4 heteroatoms. The highest BCUT2D eigenvalue weighted by Crippen LogP contribution is 2.14. The second-order valence-electron chi connectivity index (χ2n) is 3.71. The van der Waals surface area contributed by atoms with Crippen LogP contribution in [-0.2, 0) is 6.32 Å². The van der Waals surface area contributed by atoms with E-state index in [-0.39, 0.29) is 0 Å². The van der Waals surface area contributed by atoms with Gasteiger partial charge in [-0.25, -0.2) is 4.98 Å². The molecule has 17 heavy (non-hydrogen) atoms. The normalized spacial score (nSPS) is 9.94. The molecular weight excluding hydrogens is 211 g/mol. The van der Waals surface area contributed by atoms with Crippen LogP contribution < -0.4 is 15.9 Å². The number of aromatic nitrogens is 1. The van der Waals surface area contributed by atoms with Gasteiger partial charge in [-0.3, -0.25) is 0 Å². The van der Waals surface area contributed by atoms with Gasteiger partial charge in [0, 0.05) is 6.07 Å². The van der Waals surface area contributed by atoms with Gasteiger partial charge in [-0.1, -0.05) is 35.8 Å². The minimum absolute atomic E-state index is 0.593. The minimum Gasteiger partial charge on any atom is -0.481 e. The highest BCUT2D eigenvalue weighted by atomic mass is 16.5. The molecule has 0 aliphatic heterocycles. The van der Waals surface area contributed by atoms with Crippen LogP contribution in [0, 0.1) is 0 Å². The van der Waals surface area contributed by atoms with Crippen LogP contribution in [0.2, 0.25) is 0 Å². The van der Waals surface area contributed by atoms with E-state index in [2.05, 4.69) is 24.4 Å². The first-order valence-corrected chi connectivity index (χ1v) is 5.47. The fourth-order valence-electron chi connectivity index (χ4n) is 1.57. The van der Waals surface area contributed by atoms with Crippen LogP contribution in [0.4, 0.5) is 5.69 Å². The Balaban J connectivity index is 2.08. The molecule has 0 atom stereocenters. The number of ether oxygens (including phenoxy) is 1. The van der Waals surface area contributed by atoms with E-state index in [0.717, 1.165) is 11.2 Å². The molecule has 1 aromatic heterocycles. The molecule has 1 heterocycles. The molecule has 0 aliphatic rings. The third kappa shape index (κ3) is 3.00. The second-order valence-corrected chi connectivity index (χ2v) is 3.71. The van der Waals surface area contributed by atoms with E-state index in [1.807, 2.05) is 24.3 Å². The summed E-state index contributed by atoms with van der Waals surface area (Å²) in [6.07, 6.45) is 0.701. The Morgan fingerprint density at radius 3 is 2.65 bits per heavy atom. The number of hydrogen-bond donors (Lipinski definition) is 1. The highest BCUT2D eigenvalue weighted by molar-refractivity contribution is 6.52. The molecule has 2 N–H and O–H groups in total. The molecule has 85 valence electrons. The topological polar surface area (TPSA) is 48.1 Å². The van der Waals surface area contributed by atoms with Crippen molar-refractivity contribution in [1.29, 1.82) is 0 Å². The number of pyridine rings is 1. The Hall–Kier alpha value is -1.97. The van der Waals surface area contributed by atoms with E-state index in [4.69, 9.17) is 10.5 Å². The monoisotopic (exact) mass is 225 g/mol. The van der Waals surface area contributed by atoms with Crippen molar-refractivity contribution in [2.45, 2.75) is 6.32 Å². The Bertz CT molecular complexity index is 488. The summed E-state index contributed by atoms with van der Waals surface area (Å²) in [5.41, 5.74) is 8.57. The Morgan fingerprint density at radius 2 is 1.94 bits per heavy atom. The lowest BCUT2D eigenvalue weighted by Gasteiger charge is -2.06. The first-order chi connectivity index (χ1) is 8.29. The first-order valence-electron chi connectivity index (χ1n) is 5.47. The third-order valence-corrected chi connectivity index (χ3v) is 2.52. The summed E-state index contributed by atoms with van der Waals surface area (Å²) in [4.78, 5) is 4.33. The maximum atomic E-state index is 5.87. The van der Waals surface area contributed by atoms with Gasteiger partial charge >= 0.3 is 0 Å². The molecule has 0 unspecified atom stereocenters. The summed E-state index contributed by atoms with van der Waals surface area (Å²) in [6.45, 7) is 0. The third-order valence-electron chi connectivity index (χ3n) is 2.52. The number of hydrogen-bond acceptors (Lipinski definition) is 3. The van der Waals surface area contributed by atoms with E-state index in [1.54, 1.807) is 13.2 Å². The zero-order chi connectivity index (χ0) is 12.1. The van der Waals surface area contributed by atoms with Crippen molar-refractivity contribution in [2.24, 2.45) is 0 Å². The van der Waals surface area contributed by atoms with E-state index < -0.39 is 0 Å². The Labute approximate surface area is 102 Å². The van der Waals surface area contributed by atoms with Crippen LogP contribution in [0.1, 0.15) is 5.69 Å². The summed E-state index contributed by atoms with van der Waals surface area (Å²) < 4.78 is 5.08. The van der Waals surface area contributed by atoms with Crippen molar-refractivity contribution < 1.29 is 4.74 Å². The maximum absolute atomic E-state index is 5.87. The molecule has 1 aromatic carbocycles. The number of nitrogens with two attached hydrogens (primary N) is 1. The molecule has 0 bridgehead atoms. The highest BCUT2D eigenvalue weighted by Gasteiger charge is 2.04. The van der Waals surface area contributed by atoms with Crippen LogP contribution in [0.3, 0.4) is 0 Å². The predicted molar refractivity (Wildman–Crippen MR) is 70.7 cm³/mol. The van der Waals surface area contributed by atoms with Crippen LogP contribution in [0.15, 0.2) is 42.5 Å². The summed E-state index contributed by atoms with van der Waals surface area (Å²) in [5.74, 6) is 0.593. The SMILES string of the molecule is COc1ccc(N)c(C[B]c2ccccc2)n1. The van der Waals surface area contributed by atoms with E-state index in [0.29, 0.717) is 17.9 Å². The van der Waals surface area contributed by atoms with Gasteiger partial charge in [0.05, 0.1) is 18.5 Å². The molecule has 0 aliphatic carbocycles. The molecule has 2 aromatic rings. The van der Waals surface area contributed by atoms with Gasteiger partial charge < -0.3 is 10.5 Å². The van der Waals surface area contributed by atoms with E-state index in [9.17, 15) is 0 Å². The number of nitrogens with zero attached hydrogens (tertiary/aromatic N) is 1. The van der Waals surface area contributed by atoms with Gasteiger partial charge in [0.2, 0.25) is 5.88 Å². The van der Waals surface area contributed by atoms with Crippen LogP contribution >= 0.6 is 0 Å². The van der Waals surface area contributed by atoms with Crippen molar-refractivity contribution >= 4 is 18.4 Å². The van der Waals surface area contributed by atoms with Crippen LogP contribution in [-0.4, -0.2) is 19.4 Å². The molecule has 0 fully saturated rings. The fourth-order valence-corrected chi connectivity index (χ4v) is 1.57. The summed E-state index contributed by atoms with van der Waals surface area (Å²) in [7, 11) is 3.70. The molecule has 2 rings (SSSR count). The lowest BCUT2D eigenvalue weighted by molar-refractivity contribution is 0.397. The Kier molecular flexibility index (Phi) is 3.65. The van der Waals surface area contributed by atoms with Crippen LogP contribution in [0.25, 0.3) is 0 Å². The molecule has 0 spiro atoms. The smallest absolute Gasteiger partial charge is 0.213 e. The van der Waals surface area contributed by atoms with Gasteiger partial charge in [-0.2, -0.15) is 0 Å². The quantitative estimate of drug-likeness (QED) is 0.795. The number of nitrogen functional groups attached to an aromatic ring is 1. The van der Waals surface area contributed by atoms with E-state index in [1.165, 1.54) is 0 Å². The standard InChI is InChI=1S/C13H14BN2O/c1-17-13-8-7-11(15)12(16-13)9-14-10-5-3-2-4-6-10/h2-8H,9,15H2,1H3. The molecule has 0 amide bonds. The van der Waals surface area contributed by atoms with Crippen molar-refractivity contribution in [3.8, 4) is 5.88 Å². The van der Waals surface area contributed by atoms with Crippen molar-refractivity contribution in [1.82, 2.24) is 4.98 Å². The zero-order valence-corrected chi connectivity index (χ0v) is 9.76. The second kappa shape index (κ2) is 5.39. The average molecular weight is 225 g/mol. The zero-order valence-electron chi connectivity index (χ0n) is 9.76. The van der Waals surface area contributed by atoms with E-state index >= 15 is 0 Å². The average Bonchev–Trinajstić information content (AvgIpc) is 2.39. The lowest BCUT2D eigenvalue weighted by Crippen LogP contribution is -2.17. The molecule has 3 nitrogen and oxygen atoms in total. The summed E-state index contributed by atoms with van der Waals surface area (Å²) in [6, 6.07) is 13.7. The minimum atomic E-state index is 0.593. The predicted octanol–water partition coefficient (Wildman–Crippen LogP) is 1.20. The number of anilines is 1. The summed E-state index contributed by atoms with van der Waals surface area (Å²) in [5, 5.41) is 0. The first kappa shape index (κ1) is 11.5. The number of methoxy groups -OCH3 is 1. The lowest BCUT2D eigenvalue weighted by atomic mass is 9.66. The molecular formula is C13H14BN2O. The van der Waals surface area contributed by atoms with Crippen molar-refractivity contribution in [2.75, 3.05) is 12.8 Å². The van der Waals surface area contributed by atoms with Crippen molar-refractivity contribution in [3.05, 3.63) is 48.2 Å². The van der Waals surface area contributed by atoms with Crippen molar-refractivity contribution in [3.63, 3.8) is 0 Å². The maximum Gasteiger partial charge on any atom is 0.213 e. The number of rotatable bonds is 4. The molecule has 1 radical (unpaired) electrons. The van der Waals surface area contributed by atoms with Gasteiger partial charge in [0.1, 0.15) is 0 Å². The van der Waals surface area contributed by atoms with Gasteiger partial charge in [0.25, 0.3) is 0 Å².